The molecule has 23 heavy (non-hydrogen) atoms. The molecule has 0 saturated heterocycles. The first kappa shape index (κ1) is 15.2. The molecule has 0 spiro atoms. The Morgan fingerprint density at radius 3 is 2.70 bits per heavy atom. The fraction of sp³-hybridized carbons (Fsp3) is 0.375. The lowest BCUT2D eigenvalue weighted by molar-refractivity contribution is -0.116. The third kappa shape index (κ3) is 2.94. The van der Waals surface area contributed by atoms with Crippen LogP contribution in [0.15, 0.2) is 12.1 Å². The van der Waals surface area contributed by atoms with E-state index in [1.807, 2.05) is 25.6 Å². The van der Waals surface area contributed by atoms with Crippen LogP contribution in [0.3, 0.4) is 0 Å². The number of nitrogens with one attached hydrogen (secondary N) is 1. The molecule has 1 aliphatic heterocycles. The molecule has 0 bridgehead atoms. The van der Waals surface area contributed by atoms with Gasteiger partial charge >= 0.3 is 0 Å². The molecule has 0 aliphatic carbocycles. The van der Waals surface area contributed by atoms with Gasteiger partial charge in [-0.05, 0) is 25.8 Å². The Morgan fingerprint density at radius 2 is 2.04 bits per heavy atom. The second-order valence-corrected chi connectivity index (χ2v) is 5.61. The van der Waals surface area contributed by atoms with Crippen molar-refractivity contribution in [2.75, 3.05) is 17.8 Å². The molecule has 0 fully saturated rings. The van der Waals surface area contributed by atoms with E-state index in [1.165, 1.54) is 0 Å². The average molecular weight is 316 g/mol. The monoisotopic (exact) mass is 316 g/mol. The van der Waals surface area contributed by atoms with Gasteiger partial charge in [0.25, 0.3) is 0 Å². The van der Waals surface area contributed by atoms with Crippen LogP contribution in [0.1, 0.15) is 23.4 Å². The Kier molecular flexibility index (Phi) is 3.85. The summed E-state index contributed by atoms with van der Waals surface area (Å²) < 4.78 is 12.4. The lowest BCUT2D eigenvalue weighted by atomic mass is 10.1. The van der Waals surface area contributed by atoms with Crippen LogP contribution in [0.25, 0.3) is 0 Å². The van der Waals surface area contributed by atoms with Gasteiger partial charge in [0.1, 0.15) is 0 Å². The smallest absolute Gasteiger partial charge is 0.231 e. The number of fused-ring (bicyclic) bond motifs is 1. The molecule has 1 aromatic carbocycles. The Bertz CT molecular complexity index is 767. The molecule has 3 N–H and O–H groups in total. The molecule has 1 aromatic heterocycles. The van der Waals surface area contributed by atoms with E-state index in [9.17, 15) is 4.79 Å². The van der Waals surface area contributed by atoms with Crippen molar-refractivity contribution in [3.63, 3.8) is 0 Å². The summed E-state index contributed by atoms with van der Waals surface area (Å²) in [7, 11) is 1.90. The molecule has 0 saturated carbocycles. The number of benzene rings is 1. The van der Waals surface area contributed by atoms with E-state index in [0.29, 0.717) is 35.7 Å². The SMILES string of the molecule is Cc1nn(C)c(C)c1CCC(=O)Nc1cc2c(cc1N)OCO2. The molecule has 2 heterocycles. The zero-order valence-corrected chi connectivity index (χ0v) is 13.5. The molecule has 7 heteroatoms. The number of aryl methyl sites for hydroxylation is 2. The van der Waals surface area contributed by atoms with Crippen LogP contribution in [0.4, 0.5) is 11.4 Å². The first-order chi connectivity index (χ1) is 11.0. The summed E-state index contributed by atoms with van der Waals surface area (Å²) >= 11 is 0. The summed E-state index contributed by atoms with van der Waals surface area (Å²) in [5, 5.41) is 7.19. The number of hydrogen-bond donors (Lipinski definition) is 2. The molecule has 7 nitrogen and oxygen atoms in total. The zero-order chi connectivity index (χ0) is 16.6. The van der Waals surface area contributed by atoms with E-state index in [-0.39, 0.29) is 12.7 Å². The number of rotatable bonds is 4. The second-order valence-electron chi connectivity index (χ2n) is 5.61. The van der Waals surface area contributed by atoms with Crippen LogP contribution in [0.5, 0.6) is 11.5 Å². The minimum absolute atomic E-state index is 0.0989. The molecule has 0 unspecified atom stereocenters. The summed E-state index contributed by atoms with van der Waals surface area (Å²) in [6.07, 6.45) is 1.00. The lowest BCUT2D eigenvalue weighted by Crippen LogP contribution is -2.14. The molecule has 2 aromatic rings. The lowest BCUT2D eigenvalue weighted by Gasteiger charge is -2.09. The van der Waals surface area contributed by atoms with E-state index >= 15 is 0 Å². The van der Waals surface area contributed by atoms with E-state index in [1.54, 1.807) is 12.1 Å². The van der Waals surface area contributed by atoms with Crippen molar-refractivity contribution in [3.8, 4) is 11.5 Å². The molecule has 0 radical (unpaired) electrons. The number of hydrogen-bond acceptors (Lipinski definition) is 5. The Hall–Kier alpha value is -2.70. The number of ether oxygens (including phenoxy) is 2. The van der Waals surface area contributed by atoms with Crippen molar-refractivity contribution >= 4 is 17.3 Å². The standard InChI is InChI=1S/C16H20N4O3/c1-9-11(10(2)20(3)19-9)4-5-16(21)18-13-7-15-14(6-12(13)17)22-8-23-15/h6-7H,4-5,8,17H2,1-3H3,(H,18,21). The minimum atomic E-state index is -0.0989. The largest absolute Gasteiger partial charge is 0.454 e. The van der Waals surface area contributed by atoms with Crippen LogP contribution < -0.4 is 20.5 Å². The summed E-state index contributed by atoms with van der Waals surface area (Å²) in [6, 6.07) is 3.35. The highest BCUT2D eigenvalue weighted by Gasteiger charge is 2.17. The van der Waals surface area contributed by atoms with Gasteiger partial charge in [-0.1, -0.05) is 0 Å². The first-order valence-electron chi connectivity index (χ1n) is 7.43. The topological polar surface area (TPSA) is 91.4 Å². The molecule has 1 amide bonds. The fourth-order valence-corrected chi connectivity index (χ4v) is 2.70. The van der Waals surface area contributed by atoms with Crippen molar-refractivity contribution in [2.45, 2.75) is 26.7 Å². The number of aromatic nitrogens is 2. The van der Waals surface area contributed by atoms with Crippen LogP contribution >= 0.6 is 0 Å². The molecular formula is C16H20N4O3. The van der Waals surface area contributed by atoms with Crippen molar-refractivity contribution in [3.05, 3.63) is 29.1 Å². The number of carbonyl (C=O) groups excluding carboxylic acids is 1. The van der Waals surface area contributed by atoms with Gasteiger partial charge in [-0.25, -0.2) is 0 Å². The minimum Gasteiger partial charge on any atom is -0.454 e. The van der Waals surface area contributed by atoms with Gasteiger partial charge in [-0.3, -0.25) is 9.48 Å². The third-order valence-corrected chi connectivity index (χ3v) is 4.08. The number of nitrogen functional groups attached to an aromatic ring is 1. The highest BCUT2D eigenvalue weighted by Crippen LogP contribution is 2.38. The molecule has 0 atom stereocenters. The Labute approximate surface area is 134 Å². The van der Waals surface area contributed by atoms with E-state index in [2.05, 4.69) is 10.4 Å². The van der Waals surface area contributed by atoms with Gasteiger partial charge in [-0.15, -0.1) is 0 Å². The van der Waals surface area contributed by atoms with Gasteiger partial charge in [0, 0.05) is 31.3 Å². The van der Waals surface area contributed by atoms with Crippen LogP contribution in [0.2, 0.25) is 0 Å². The highest BCUT2D eigenvalue weighted by molar-refractivity contribution is 5.94. The first-order valence-corrected chi connectivity index (χ1v) is 7.43. The van der Waals surface area contributed by atoms with Crippen molar-refractivity contribution < 1.29 is 14.3 Å². The molecule has 3 rings (SSSR count). The third-order valence-electron chi connectivity index (χ3n) is 4.08. The summed E-state index contributed by atoms with van der Waals surface area (Å²) in [5.41, 5.74) is 10.1. The second kappa shape index (κ2) is 5.83. The normalized spacial score (nSPS) is 12.5. The van der Waals surface area contributed by atoms with Gasteiger partial charge < -0.3 is 20.5 Å². The van der Waals surface area contributed by atoms with Crippen molar-refractivity contribution in [1.82, 2.24) is 9.78 Å². The van der Waals surface area contributed by atoms with Gasteiger partial charge in [-0.2, -0.15) is 5.10 Å². The molecule has 122 valence electrons. The average Bonchev–Trinajstić information content (AvgIpc) is 3.03. The number of nitrogens with two attached hydrogens (primary N) is 1. The van der Waals surface area contributed by atoms with E-state index < -0.39 is 0 Å². The summed E-state index contributed by atoms with van der Waals surface area (Å²) in [4.78, 5) is 12.2. The Morgan fingerprint density at radius 1 is 1.35 bits per heavy atom. The maximum atomic E-state index is 12.2. The Balaban J connectivity index is 1.66. The maximum Gasteiger partial charge on any atom is 0.231 e. The van der Waals surface area contributed by atoms with Gasteiger partial charge in [0.05, 0.1) is 17.1 Å². The molecule has 1 aliphatic rings. The van der Waals surface area contributed by atoms with Gasteiger partial charge in [0.2, 0.25) is 12.7 Å². The van der Waals surface area contributed by atoms with Crippen molar-refractivity contribution in [1.29, 1.82) is 0 Å². The summed E-state index contributed by atoms with van der Waals surface area (Å²) in [6.45, 7) is 4.13. The van der Waals surface area contributed by atoms with Crippen LogP contribution in [-0.2, 0) is 18.3 Å². The number of anilines is 2. The number of amides is 1. The number of carbonyl (C=O) groups is 1. The van der Waals surface area contributed by atoms with E-state index in [4.69, 9.17) is 15.2 Å². The quantitative estimate of drug-likeness (QED) is 0.841. The molecular weight excluding hydrogens is 296 g/mol. The summed E-state index contributed by atoms with van der Waals surface area (Å²) in [5.74, 6) is 1.09. The maximum absolute atomic E-state index is 12.2. The number of nitrogens with zero attached hydrogens (tertiary/aromatic N) is 2. The van der Waals surface area contributed by atoms with Crippen LogP contribution in [-0.4, -0.2) is 22.5 Å². The van der Waals surface area contributed by atoms with E-state index in [0.717, 1.165) is 17.0 Å². The van der Waals surface area contributed by atoms with Crippen LogP contribution in [0, 0.1) is 13.8 Å². The predicted octanol–water partition coefficient (Wildman–Crippen LogP) is 1.92. The fourth-order valence-electron chi connectivity index (χ4n) is 2.70. The zero-order valence-electron chi connectivity index (χ0n) is 13.5. The van der Waals surface area contributed by atoms with Crippen molar-refractivity contribution in [2.24, 2.45) is 7.05 Å². The van der Waals surface area contributed by atoms with Gasteiger partial charge in [0.15, 0.2) is 11.5 Å². The predicted molar refractivity (Wildman–Crippen MR) is 86.6 cm³/mol. The highest BCUT2D eigenvalue weighted by atomic mass is 16.7.